The summed E-state index contributed by atoms with van der Waals surface area (Å²) in [6.45, 7) is 5.28. The average molecular weight is 232 g/mol. The van der Waals surface area contributed by atoms with Crippen LogP contribution in [0, 0.1) is 0 Å². The summed E-state index contributed by atoms with van der Waals surface area (Å²) in [5, 5.41) is 4.57. The van der Waals surface area contributed by atoms with Gasteiger partial charge in [-0.3, -0.25) is 0 Å². The van der Waals surface area contributed by atoms with Gasteiger partial charge < -0.3 is 14.6 Å². The molecule has 3 nitrogen and oxygen atoms in total. The second kappa shape index (κ2) is 4.80. The van der Waals surface area contributed by atoms with Crippen molar-refractivity contribution in [3.8, 4) is 5.75 Å². The standard InChI is InChI=1S/C14H20N2O/c1-5-16-9-12(10(2)15-3)11-7-6-8-13(17-4)14(11)16/h6-10,15H,5H2,1-4H3. The molecule has 0 aliphatic heterocycles. The molecule has 1 N–H and O–H groups in total. The van der Waals surface area contributed by atoms with E-state index < -0.39 is 0 Å². The van der Waals surface area contributed by atoms with Gasteiger partial charge in [-0.15, -0.1) is 0 Å². The molecule has 17 heavy (non-hydrogen) atoms. The van der Waals surface area contributed by atoms with E-state index in [0.717, 1.165) is 12.3 Å². The van der Waals surface area contributed by atoms with Crippen molar-refractivity contribution >= 4 is 10.9 Å². The number of fused-ring (bicyclic) bond motifs is 1. The van der Waals surface area contributed by atoms with Crippen LogP contribution in [0.5, 0.6) is 5.75 Å². The van der Waals surface area contributed by atoms with Crippen molar-refractivity contribution in [3.63, 3.8) is 0 Å². The number of nitrogens with zero attached hydrogens (tertiary/aromatic N) is 1. The van der Waals surface area contributed by atoms with E-state index in [-0.39, 0.29) is 0 Å². The molecule has 0 saturated carbocycles. The molecule has 3 heteroatoms. The van der Waals surface area contributed by atoms with E-state index in [1.807, 2.05) is 19.2 Å². The minimum absolute atomic E-state index is 0.345. The number of benzene rings is 1. The Balaban J connectivity index is 2.72. The SMILES string of the molecule is CCn1cc(C(C)NC)c2cccc(OC)c21. The molecule has 1 aromatic carbocycles. The van der Waals surface area contributed by atoms with E-state index in [2.05, 4.69) is 36.0 Å². The van der Waals surface area contributed by atoms with Crippen molar-refractivity contribution in [1.29, 1.82) is 0 Å². The lowest BCUT2D eigenvalue weighted by Gasteiger charge is -2.08. The number of para-hydroxylation sites is 1. The number of hydrogen-bond donors (Lipinski definition) is 1. The highest BCUT2D eigenvalue weighted by molar-refractivity contribution is 5.89. The summed E-state index contributed by atoms with van der Waals surface area (Å²) in [7, 11) is 3.71. The molecule has 92 valence electrons. The number of nitrogens with one attached hydrogen (secondary N) is 1. The molecule has 0 aliphatic carbocycles. The zero-order chi connectivity index (χ0) is 12.4. The van der Waals surface area contributed by atoms with Gasteiger partial charge in [-0.05, 0) is 32.5 Å². The summed E-state index contributed by atoms with van der Waals surface area (Å²) in [4.78, 5) is 0. The maximum absolute atomic E-state index is 5.46. The van der Waals surface area contributed by atoms with Gasteiger partial charge in [0.25, 0.3) is 0 Å². The molecular weight excluding hydrogens is 212 g/mol. The number of hydrogen-bond acceptors (Lipinski definition) is 2. The van der Waals surface area contributed by atoms with Crippen molar-refractivity contribution in [1.82, 2.24) is 9.88 Å². The van der Waals surface area contributed by atoms with E-state index in [1.165, 1.54) is 16.5 Å². The van der Waals surface area contributed by atoms with Gasteiger partial charge in [-0.2, -0.15) is 0 Å². The molecule has 2 rings (SSSR count). The third-order valence-corrected chi connectivity index (χ3v) is 3.35. The van der Waals surface area contributed by atoms with Crippen LogP contribution in [-0.4, -0.2) is 18.7 Å². The summed E-state index contributed by atoms with van der Waals surface area (Å²) in [5.74, 6) is 0.943. The van der Waals surface area contributed by atoms with Crippen molar-refractivity contribution < 1.29 is 4.74 Å². The molecular formula is C14H20N2O. The van der Waals surface area contributed by atoms with Crippen LogP contribution in [0.4, 0.5) is 0 Å². The molecule has 0 radical (unpaired) electrons. The Morgan fingerprint density at radius 1 is 1.41 bits per heavy atom. The Morgan fingerprint density at radius 3 is 2.76 bits per heavy atom. The Bertz CT molecular complexity index is 516. The third-order valence-electron chi connectivity index (χ3n) is 3.35. The second-order valence-corrected chi connectivity index (χ2v) is 4.24. The van der Waals surface area contributed by atoms with Crippen LogP contribution in [0.15, 0.2) is 24.4 Å². The molecule has 1 unspecified atom stereocenters. The molecule has 0 spiro atoms. The summed E-state index contributed by atoms with van der Waals surface area (Å²) < 4.78 is 7.70. The number of rotatable bonds is 4. The van der Waals surface area contributed by atoms with Crippen LogP contribution in [0.25, 0.3) is 10.9 Å². The minimum atomic E-state index is 0.345. The number of aromatic nitrogens is 1. The Morgan fingerprint density at radius 2 is 2.18 bits per heavy atom. The predicted molar refractivity (Wildman–Crippen MR) is 71.6 cm³/mol. The number of methoxy groups -OCH3 is 1. The van der Waals surface area contributed by atoms with E-state index in [4.69, 9.17) is 4.74 Å². The fraction of sp³-hybridized carbons (Fsp3) is 0.429. The van der Waals surface area contributed by atoms with Gasteiger partial charge in [0.05, 0.1) is 12.6 Å². The van der Waals surface area contributed by atoms with Gasteiger partial charge in [0.2, 0.25) is 0 Å². The van der Waals surface area contributed by atoms with Crippen LogP contribution in [0.3, 0.4) is 0 Å². The highest BCUT2D eigenvalue weighted by Gasteiger charge is 2.15. The normalized spacial score (nSPS) is 12.9. The van der Waals surface area contributed by atoms with E-state index in [0.29, 0.717) is 6.04 Å². The summed E-state index contributed by atoms with van der Waals surface area (Å²) in [6, 6.07) is 6.57. The summed E-state index contributed by atoms with van der Waals surface area (Å²) >= 11 is 0. The average Bonchev–Trinajstić information content (AvgIpc) is 2.76. The third kappa shape index (κ3) is 1.91. The number of aryl methyl sites for hydroxylation is 1. The van der Waals surface area contributed by atoms with Gasteiger partial charge in [-0.25, -0.2) is 0 Å². The van der Waals surface area contributed by atoms with Crippen LogP contribution >= 0.6 is 0 Å². The fourth-order valence-corrected chi connectivity index (χ4v) is 2.27. The first kappa shape index (κ1) is 12.0. The van der Waals surface area contributed by atoms with Crippen molar-refractivity contribution in [2.75, 3.05) is 14.2 Å². The first-order valence-corrected chi connectivity index (χ1v) is 6.05. The van der Waals surface area contributed by atoms with Crippen molar-refractivity contribution in [3.05, 3.63) is 30.0 Å². The van der Waals surface area contributed by atoms with E-state index in [9.17, 15) is 0 Å². The van der Waals surface area contributed by atoms with Crippen molar-refractivity contribution in [2.45, 2.75) is 26.4 Å². The Kier molecular flexibility index (Phi) is 3.38. The zero-order valence-corrected chi connectivity index (χ0v) is 10.9. The molecule has 0 saturated heterocycles. The van der Waals surface area contributed by atoms with Crippen molar-refractivity contribution in [2.24, 2.45) is 0 Å². The lowest BCUT2D eigenvalue weighted by atomic mass is 10.1. The first-order chi connectivity index (χ1) is 8.22. The maximum Gasteiger partial charge on any atom is 0.143 e. The highest BCUT2D eigenvalue weighted by Crippen LogP contribution is 2.32. The monoisotopic (exact) mass is 232 g/mol. The highest BCUT2D eigenvalue weighted by atomic mass is 16.5. The van der Waals surface area contributed by atoms with E-state index >= 15 is 0 Å². The minimum Gasteiger partial charge on any atom is -0.495 e. The Labute approximate surface area is 102 Å². The zero-order valence-electron chi connectivity index (χ0n) is 10.9. The van der Waals surface area contributed by atoms with Crippen LogP contribution in [0.1, 0.15) is 25.5 Å². The second-order valence-electron chi connectivity index (χ2n) is 4.24. The molecule has 1 heterocycles. The summed E-state index contributed by atoms with van der Waals surface area (Å²) in [6.07, 6.45) is 2.22. The maximum atomic E-state index is 5.46. The van der Waals surface area contributed by atoms with Gasteiger partial charge in [0, 0.05) is 24.2 Å². The topological polar surface area (TPSA) is 26.2 Å². The predicted octanol–water partition coefficient (Wildman–Crippen LogP) is 2.95. The lowest BCUT2D eigenvalue weighted by Crippen LogP contribution is -2.11. The van der Waals surface area contributed by atoms with Gasteiger partial charge >= 0.3 is 0 Å². The smallest absolute Gasteiger partial charge is 0.143 e. The largest absolute Gasteiger partial charge is 0.495 e. The quantitative estimate of drug-likeness (QED) is 0.877. The Hall–Kier alpha value is -1.48. The molecule has 0 fully saturated rings. The molecule has 0 bridgehead atoms. The van der Waals surface area contributed by atoms with Crippen LogP contribution in [-0.2, 0) is 6.54 Å². The fourth-order valence-electron chi connectivity index (χ4n) is 2.27. The van der Waals surface area contributed by atoms with Gasteiger partial charge in [-0.1, -0.05) is 12.1 Å². The van der Waals surface area contributed by atoms with E-state index in [1.54, 1.807) is 7.11 Å². The number of ether oxygens (including phenoxy) is 1. The molecule has 1 atom stereocenters. The van der Waals surface area contributed by atoms with Gasteiger partial charge in [0.1, 0.15) is 5.75 Å². The van der Waals surface area contributed by atoms with Crippen LogP contribution in [0.2, 0.25) is 0 Å². The lowest BCUT2D eigenvalue weighted by molar-refractivity contribution is 0.417. The first-order valence-electron chi connectivity index (χ1n) is 6.05. The molecule has 1 aromatic heterocycles. The van der Waals surface area contributed by atoms with Crippen LogP contribution < -0.4 is 10.1 Å². The molecule has 0 amide bonds. The molecule has 0 aliphatic rings. The van der Waals surface area contributed by atoms with Gasteiger partial charge in [0.15, 0.2) is 0 Å². The summed E-state index contributed by atoms with van der Waals surface area (Å²) in [5.41, 5.74) is 2.51. The molecule has 2 aromatic rings.